The Kier molecular flexibility index (Phi) is 5.20. The number of carbonyl (C=O) groups excluding carboxylic acids is 4. The van der Waals surface area contributed by atoms with E-state index in [1.807, 2.05) is 23.5 Å². The lowest BCUT2D eigenvalue weighted by atomic mass is 9.40. The predicted molar refractivity (Wildman–Crippen MR) is 128 cm³/mol. The molecule has 10 heteroatoms. The van der Waals surface area contributed by atoms with E-state index < -0.39 is 0 Å². The molecule has 0 N–H and O–H groups in total. The lowest BCUT2D eigenvalue weighted by molar-refractivity contribution is -0.166. The average molecular weight is 503 g/mol. The van der Waals surface area contributed by atoms with Gasteiger partial charge in [-0.1, -0.05) is 12.2 Å². The molecule has 4 saturated heterocycles. The predicted octanol–water partition coefficient (Wildman–Crippen LogP) is 0.263. The van der Waals surface area contributed by atoms with Gasteiger partial charge >= 0.3 is 0 Å². The molecule has 6 fully saturated rings. The standard InChI is InChI=1S/C24H30N4O4S2/c29-21-17-13-1-2-14(18(17)22(30)27(21)11-25-3-7-33-8-4-25)16-15(13)19-20(16)24(32)28(23(19)31)12-26-5-9-34-10-6-26/h1-2,13-20H,3-12H2/t13-,14+,15+,16-,17-,18+,19+,20-. The van der Waals surface area contributed by atoms with Gasteiger partial charge in [0.05, 0.1) is 37.0 Å². The molecule has 0 aromatic carbocycles. The number of carbonyl (C=O) groups is 4. The molecule has 34 heavy (non-hydrogen) atoms. The molecule has 4 heterocycles. The molecule has 8 rings (SSSR count). The van der Waals surface area contributed by atoms with Crippen molar-refractivity contribution in [3.05, 3.63) is 12.2 Å². The van der Waals surface area contributed by atoms with Gasteiger partial charge in [0.2, 0.25) is 23.6 Å². The second-order valence-electron chi connectivity index (χ2n) is 10.8. The van der Waals surface area contributed by atoms with E-state index in [9.17, 15) is 19.2 Å². The fraction of sp³-hybridized carbons (Fsp3) is 0.750. The summed E-state index contributed by atoms with van der Waals surface area (Å²) in [5.41, 5.74) is 0. The minimum atomic E-state index is -0.361. The van der Waals surface area contributed by atoms with Crippen molar-refractivity contribution in [3.63, 3.8) is 0 Å². The van der Waals surface area contributed by atoms with Crippen LogP contribution in [0.5, 0.6) is 0 Å². The zero-order valence-corrected chi connectivity index (χ0v) is 20.7. The highest BCUT2D eigenvalue weighted by atomic mass is 32.2. The molecule has 2 saturated carbocycles. The van der Waals surface area contributed by atoms with Crippen LogP contribution in [0.2, 0.25) is 0 Å². The van der Waals surface area contributed by atoms with Crippen LogP contribution >= 0.6 is 23.5 Å². The molecule has 8 nitrogen and oxygen atoms in total. The number of likely N-dealkylation sites (tertiary alicyclic amines) is 2. The van der Waals surface area contributed by atoms with Gasteiger partial charge in [-0.2, -0.15) is 23.5 Å². The number of fused-ring (bicyclic) bond motifs is 1. The van der Waals surface area contributed by atoms with E-state index in [1.165, 1.54) is 9.80 Å². The molecular weight excluding hydrogens is 472 g/mol. The Bertz CT molecular complexity index is 922. The number of rotatable bonds is 4. The molecule has 4 aliphatic heterocycles. The molecule has 8 atom stereocenters. The van der Waals surface area contributed by atoms with Crippen molar-refractivity contribution in [3.8, 4) is 0 Å². The van der Waals surface area contributed by atoms with Gasteiger partial charge in [-0.05, 0) is 23.7 Å². The van der Waals surface area contributed by atoms with Crippen LogP contribution in [0.3, 0.4) is 0 Å². The lowest BCUT2D eigenvalue weighted by Crippen LogP contribution is -2.63. The normalized spacial score (nSPS) is 43.9. The second-order valence-corrected chi connectivity index (χ2v) is 13.2. The number of amides is 4. The third-order valence-corrected chi connectivity index (χ3v) is 11.3. The van der Waals surface area contributed by atoms with Gasteiger partial charge in [0.15, 0.2) is 0 Å². The smallest absolute Gasteiger partial charge is 0.234 e. The number of allylic oxidation sites excluding steroid dienone is 2. The summed E-state index contributed by atoms with van der Waals surface area (Å²) in [5, 5.41) is 0. The summed E-state index contributed by atoms with van der Waals surface area (Å²) in [4.78, 5) is 61.3. The second kappa shape index (κ2) is 8.08. The Morgan fingerprint density at radius 3 is 1.32 bits per heavy atom. The van der Waals surface area contributed by atoms with Crippen LogP contribution in [-0.2, 0) is 19.2 Å². The van der Waals surface area contributed by atoms with Crippen molar-refractivity contribution in [2.75, 3.05) is 62.5 Å². The fourth-order valence-corrected chi connectivity index (χ4v) is 9.85. The molecular formula is C24H30N4O4S2. The molecule has 0 aromatic rings. The van der Waals surface area contributed by atoms with E-state index in [0.29, 0.717) is 13.3 Å². The summed E-state index contributed by atoms with van der Waals surface area (Å²) in [6.45, 7) is 4.36. The molecule has 0 radical (unpaired) electrons. The summed E-state index contributed by atoms with van der Waals surface area (Å²) in [6, 6.07) is 0. The van der Waals surface area contributed by atoms with Crippen LogP contribution in [0.15, 0.2) is 12.2 Å². The highest BCUT2D eigenvalue weighted by Crippen LogP contribution is 2.68. The molecule has 4 aliphatic carbocycles. The van der Waals surface area contributed by atoms with Crippen LogP contribution in [0.4, 0.5) is 0 Å². The van der Waals surface area contributed by atoms with E-state index in [4.69, 9.17) is 0 Å². The maximum absolute atomic E-state index is 13.5. The summed E-state index contributed by atoms with van der Waals surface area (Å²) < 4.78 is 0. The summed E-state index contributed by atoms with van der Waals surface area (Å²) in [6.07, 6.45) is 4.19. The fourth-order valence-electron chi connectivity index (χ4n) is 7.89. The largest absolute Gasteiger partial charge is 0.284 e. The van der Waals surface area contributed by atoms with E-state index in [-0.39, 0.29) is 71.0 Å². The maximum Gasteiger partial charge on any atom is 0.234 e. The maximum atomic E-state index is 13.5. The van der Waals surface area contributed by atoms with Crippen molar-refractivity contribution < 1.29 is 19.2 Å². The van der Waals surface area contributed by atoms with Crippen molar-refractivity contribution in [2.45, 2.75) is 0 Å². The third-order valence-electron chi connectivity index (χ3n) is 9.42. The minimum absolute atomic E-state index is 0.0164. The Balaban J connectivity index is 1.13. The molecule has 0 unspecified atom stereocenters. The van der Waals surface area contributed by atoms with Gasteiger partial charge in [-0.15, -0.1) is 0 Å². The first kappa shape index (κ1) is 21.9. The van der Waals surface area contributed by atoms with Crippen molar-refractivity contribution in [2.24, 2.45) is 47.3 Å². The van der Waals surface area contributed by atoms with Gasteiger partial charge in [0.1, 0.15) is 0 Å². The first-order valence-corrected chi connectivity index (χ1v) is 14.9. The van der Waals surface area contributed by atoms with Crippen LogP contribution < -0.4 is 0 Å². The molecule has 182 valence electrons. The third kappa shape index (κ3) is 2.94. The average Bonchev–Trinajstić information content (AvgIpc) is 3.21. The molecule has 4 amide bonds. The van der Waals surface area contributed by atoms with Crippen LogP contribution in [0, 0.1) is 47.3 Å². The summed E-state index contributed by atoms with van der Waals surface area (Å²) in [5.74, 6) is 2.36. The van der Waals surface area contributed by atoms with Crippen LogP contribution in [0.1, 0.15) is 0 Å². The van der Waals surface area contributed by atoms with Crippen LogP contribution in [-0.4, -0.2) is 106 Å². The van der Waals surface area contributed by atoms with Crippen LogP contribution in [0.25, 0.3) is 0 Å². The first-order chi connectivity index (χ1) is 16.6. The van der Waals surface area contributed by atoms with Gasteiger partial charge in [0, 0.05) is 49.2 Å². The zero-order chi connectivity index (χ0) is 23.1. The number of hydrogen-bond acceptors (Lipinski definition) is 8. The SMILES string of the molecule is O=C1[C@@H]2[C@@H]3C=C[C@H]([C@@H]2C(=O)N1CN1CCSCC1)[C@H]1[C@H]2C(=O)N(CN4CCSCC4)C(=O)[C@H]2[C@@H]31. The number of thioether (sulfide) groups is 2. The Morgan fingerprint density at radius 1 is 0.588 bits per heavy atom. The van der Waals surface area contributed by atoms with E-state index in [1.54, 1.807) is 0 Å². The minimum Gasteiger partial charge on any atom is -0.284 e. The summed E-state index contributed by atoms with van der Waals surface area (Å²) >= 11 is 3.81. The van der Waals surface area contributed by atoms with Crippen molar-refractivity contribution in [1.82, 2.24) is 19.6 Å². The molecule has 0 spiro atoms. The van der Waals surface area contributed by atoms with Gasteiger partial charge in [0.25, 0.3) is 0 Å². The zero-order valence-electron chi connectivity index (χ0n) is 19.1. The highest BCUT2D eigenvalue weighted by Gasteiger charge is 2.75. The highest BCUT2D eigenvalue weighted by molar-refractivity contribution is 7.99. The van der Waals surface area contributed by atoms with E-state index >= 15 is 0 Å². The number of imide groups is 2. The van der Waals surface area contributed by atoms with Crippen molar-refractivity contribution in [1.29, 1.82) is 0 Å². The number of hydrogen-bond donors (Lipinski definition) is 0. The number of nitrogens with zero attached hydrogens (tertiary/aromatic N) is 4. The molecule has 8 aliphatic rings. The molecule has 0 aromatic heterocycles. The Labute approximate surface area is 207 Å². The Morgan fingerprint density at radius 2 is 0.941 bits per heavy atom. The Hall–Kier alpha value is -1.36. The summed E-state index contributed by atoms with van der Waals surface area (Å²) in [7, 11) is 0. The quantitative estimate of drug-likeness (QED) is 0.400. The molecule has 2 bridgehead atoms. The van der Waals surface area contributed by atoms with Gasteiger partial charge < -0.3 is 0 Å². The topological polar surface area (TPSA) is 81.2 Å². The van der Waals surface area contributed by atoms with Crippen molar-refractivity contribution >= 4 is 47.2 Å². The lowest BCUT2D eigenvalue weighted by Gasteiger charge is -2.60. The van der Waals surface area contributed by atoms with Gasteiger partial charge in [-0.3, -0.25) is 38.8 Å². The van der Waals surface area contributed by atoms with E-state index in [0.717, 1.165) is 49.2 Å². The van der Waals surface area contributed by atoms with Gasteiger partial charge in [-0.25, -0.2) is 0 Å². The first-order valence-electron chi connectivity index (χ1n) is 12.6. The van der Waals surface area contributed by atoms with E-state index in [2.05, 4.69) is 22.0 Å². The monoisotopic (exact) mass is 502 g/mol.